The molecule has 0 aliphatic carbocycles. The summed E-state index contributed by atoms with van der Waals surface area (Å²) in [7, 11) is 0. The van der Waals surface area contributed by atoms with Crippen LogP contribution in [0.4, 0.5) is 0 Å². The van der Waals surface area contributed by atoms with Crippen LogP contribution >= 0.6 is 11.6 Å². The highest BCUT2D eigenvalue weighted by Gasteiger charge is 2.10. The second kappa shape index (κ2) is 9.84. The third-order valence-corrected chi connectivity index (χ3v) is 4.22. The van der Waals surface area contributed by atoms with Crippen LogP contribution in [-0.4, -0.2) is 18.4 Å². The van der Waals surface area contributed by atoms with Gasteiger partial charge in [0.1, 0.15) is 0 Å². The van der Waals surface area contributed by atoms with Crippen molar-refractivity contribution in [2.75, 3.05) is 6.54 Å². The molecule has 0 unspecified atom stereocenters. The van der Waals surface area contributed by atoms with Crippen molar-refractivity contribution in [2.24, 2.45) is 0 Å². The van der Waals surface area contributed by atoms with Gasteiger partial charge in [-0.05, 0) is 36.2 Å². The van der Waals surface area contributed by atoms with E-state index in [1.807, 2.05) is 18.2 Å². The maximum Gasteiger partial charge on any atom is 0.251 e. The van der Waals surface area contributed by atoms with Crippen LogP contribution in [0.25, 0.3) is 0 Å². The topological polar surface area (TPSA) is 58.2 Å². The quantitative estimate of drug-likeness (QED) is 0.695. The van der Waals surface area contributed by atoms with Gasteiger partial charge in [-0.1, -0.05) is 55.6 Å². The molecule has 2 aromatic rings. The molecule has 2 amide bonds. The molecule has 0 spiro atoms. The molecule has 0 saturated heterocycles. The van der Waals surface area contributed by atoms with E-state index in [0.29, 0.717) is 29.2 Å². The van der Waals surface area contributed by atoms with Crippen LogP contribution in [0.2, 0.25) is 5.02 Å². The Balaban J connectivity index is 1.94. The van der Waals surface area contributed by atoms with Crippen molar-refractivity contribution >= 4 is 23.4 Å². The lowest BCUT2D eigenvalue weighted by molar-refractivity contribution is 0.0950. The van der Waals surface area contributed by atoms with Gasteiger partial charge in [-0.15, -0.1) is 0 Å². The Bertz CT molecular complexity index is 731. The summed E-state index contributed by atoms with van der Waals surface area (Å²) >= 11 is 6.09. The minimum Gasteiger partial charge on any atom is -0.352 e. The first-order chi connectivity index (χ1) is 12.1. The predicted molar refractivity (Wildman–Crippen MR) is 101 cm³/mol. The molecule has 0 saturated carbocycles. The average Bonchev–Trinajstić information content (AvgIpc) is 2.64. The first-order valence-electron chi connectivity index (χ1n) is 8.51. The molecular weight excluding hydrogens is 336 g/mol. The van der Waals surface area contributed by atoms with E-state index in [1.54, 1.807) is 30.3 Å². The summed E-state index contributed by atoms with van der Waals surface area (Å²) in [6.45, 7) is 3.11. The molecule has 2 rings (SSSR count). The molecule has 0 aromatic heterocycles. The molecule has 0 fully saturated rings. The van der Waals surface area contributed by atoms with Gasteiger partial charge < -0.3 is 10.6 Å². The number of benzene rings is 2. The lowest BCUT2D eigenvalue weighted by Crippen LogP contribution is -2.26. The lowest BCUT2D eigenvalue weighted by Gasteiger charge is -2.09. The minimum atomic E-state index is -0.236. The fraction of sp³-hybridized carbons (Fsp3) is 0.300. The number of halogens is 1. The fourth-order valence-corrected chi connectivity index (χ4v) is 2.60. The Morgan fingerprint density at radius 1 is 0.920 bits per heavy atom. The van der Waals surface area contributed by atoms with Crippen molar-refractivity contribution in [2.45, 2.75) is 32.7 Å². The van der Waals surface area contributed by atoms with Gasteiger partial charge in [0.25, 0.3) is 11.8 Å². The van der Waals surface area contributed by atoms with Gasteiger partial charge >= 0.3 is 0 Å². The number of rotatable bonds is 8. The Morgan fingerprint density at radius 3 is 2.28 bits per heavy atom. The largest absolute Gasteiger partial charge is 0.352 e. The van der Waals surface area contributed by atoms with Crippen LogP contribution in [0.5, 0.6) is 0 Å². The first kappa shape index (κ1) is 19.0. The third-order valence-electron chi connectivity index (χ3n) is 3.85. The molecule has 0 radical (unpaired) electrons. The molecule has 2 N–H and O–H groups in total. The third kappa shape index (κ3) is 5.91. The number of hydrogen-bond acceptors (Lipinski definition) is 2. The number of nitrogens with one attached hydrogen (secondary N) is 2. The van der Waals surface area contributed by atoms with Crippen molar-refractivity contribution in [1.82, 2.24) is 10.6 Å². The van der Waals surface area contributed by atoms with E-state index in [9.17, 15) is 9.59 Å². The van der Waals surface area contributed by atoms with Crippen LogP contribution in [-0.2, 0) is 6.54 Å². The first-order valence-corrected chi connectivity index (χ1v) is 8.89. The van der Waals surface area contributed by atoms with Crippen molar-refractivity contribution in [1.29, 1.82) is 0 Å². The van der Waals surface area contributed by atoms with E-state index in [0.717, 1.165) is 24.8 Å². The number of carbonyl (C=O) groups is 2. The zero-order chi connectivity index (χ0) is 18.1. The van der Waals surface area contributed by atoms with Crippen LogP contribution in [0.1, 0.15) is 52.5 Å². The lowest BCUT2D eigenvalue weighted by atomic mass is 10.1. The summed E-state index contributed by atoms with van der Waals surface area (Å²) in [6.07, 6.45) is 3.15. The zero-order valence-corrected chi connectivity index (χ0v) is 15.1. The van der Waals surface area contributed by atoms with Gasteiger partial charge in [-0.2, -0.15) is 0 Å². The van der Waals surface area contributed by atoms with E-state index in [2.05, 4.69) is 17.6 Å². The normalized spacial score (nSPS) is 10.3. The van der Waals surface area contributed by atoms with E-state index < -0.39 is 0 Å². The highest BCUT2D eigenvalue weighted by Crippen LogP contribution is 2.14. The van der Waals surface area contributed by atoms with Crippen molar-refractivity contribution < 1.29 is 9.59 Å². The number of amides is 2. The highest BCUT2D eigenvalue weighted by molar-refractivity contribution is 6.31. The average molecular weight is 359 g/mol. The summed E-state index contributed by atoms with van der Waals surface area (Å²) in [5.41, 5.74) is 1.79. The van der Waals surface area contributed by atoms with Gasteiger partial charge in [0, 0.05) is 29.2 Å². The smallest absolute Gasteiger partial charge is 0.251 e. The van der Waals surface area contributed by atoms with Crippen molar-refractivity contribution in [3.05, 3.63) is 70.2 Å². The fourth-order valence-electron chi connectivity index (χ4n) is 2.40. The monoisotopic (exact) mass is 358 g/mol. The van der Waals surface area contributed by atoms with Gasteiger partial charge in [-0.25, -0.2) is 0 Å². The summed E-state index contributed by atoms with van der Waals surface area (Å²) in [5.74, 6) is -0.391. The van der Waals surface area contributed by atoms with E-state index >= 15 is 0 Å². The van der Waals surface area contributed by atoms with E-state index in [4.69, 9.17) is 11.6 Å². The molecule has 5 heteroatoms. The van der Waals surface area contributed by atoms with E-state index in [-0.39, 0.29) is 11.8 Å². The summed E-state index contributed by atoms with van der Waals surface area (Å²) in [5, 5.41) is 6.32. The summed E-state index contributed by atoms with van der Waals surface area (Å²) in [6, 6.07) is 14.1. The number of hydrogen-bond donors (Lipinski definition) is 2. The van der Waals surface area contributed by atoms with Crippen LogP contribution in [0.15, 0.2) is 48.5 Å². The van der Waals surface area contributed by atoms with Gasteiger partial charge in [-0.3, -0.25) is 9.59 Å². The Hall–Kier alpha value is -2.33. The second-order valence-corrected chi connectivity index (χ2v) is 6.23. The SMILES string of the molecule is CCCCCNC(=O)c1cccc(C(=O)NCc2ccccc2Cl)c1. The molecule has 0 atom stereocenters. The Labute approximate surface area is 153 Å². The predicted octanol–water partition coefficient (Wildman–Crippen LogP) is 4.19. The maximum absolute atomic E-state index is 12.3. The minimum absolute atomic E-state index is 0.156. The van der Waals surface area contributed by atoms with Crippen LogP contribution < -0.4 is 10.6 Å². The molecule has 2 aromatic carbocycles. The molecule has 25 heavy (non-hydrogen) atoms. The maximum atomic E-state index is 12.3. The molecule has 0 heterocycles. The summed E-state index contributed by atoms with van der Waals surface area (Å²) < 4.78 is 0. The summed E-state index contributed by atoms with van der Waals surface area (Å²) in [4.78, 5) is 24.5. The van der Waals surface area contributed by atoms with Gasteiger partial charge in [0.05, 0.1) is 0 Å². The Morgan fingerprint density at radius 2 is 1.60 bits per heavy atom. The molecule has 4 nitrogen and oxygen atoms in total. The molecule has 0 bridgehead atoms. The second-order valence-electron chi connectivity index (χ2n) is 5.82. The molecule has 0 aliphatic rings. The highest BCUT2D eigenvalue weighted by atomic mass is 35.5. The Kier molecular flexibility index (Phi) is 7.48. The van der Waals surface area contributed by atoms with Gasteiger partial charge in [0.15, 0.2) is 0 Å². The van der Waals surface area contributed by atoms with Gasteiger partial charge in [0.2, 0.25) is 0 Å². The molecule has 0 aliphatic heterocycles. The molecule has 132 valence electrons. The van der Waals surface area contributed by atoms with Crippen LogP contribution in [0.3, 0.4) is 0 Å². The van der Waals surface area contributed by atoms with Crippen molar-refractivity contribution in [3.8, 4) is 0 Å². The van der Waals surface area contributed by atoms with E-state index in [1.165, 1.54) is 0 Å². The molecular formula is C20H23ClN2O2. The number of unbranched alkanes of at least 4 members (excludes halogenated alkanes) is 2. The standard InChI is InChI=1S/C20H23ClN2O2/c1-2-3-6-12-22-19(24)15-9-7-10-16(13-15)20(25)23-14-17-8-4-5-11-18(17)21/h4-5,7-11,13H,2-3,6,12,14H2,1H3,(H,22,24)(H,23,25). The van der Waals surface area contributed by atoms with Crippen LogP contribution in [0, 0.1) is 0 Å². The number of carbonyl (C=O) groups excluding carboxylic acids is 2. The van der Waals surface area contributed by atoms with Crippen molar-refractivity contribution in [3.63, 3.8) is 0 Å². The zero-order valence-electron chi connectivity index (χ0n) is 14.3.